The predicted molar refractivity (Wildman–Crippen MR) is 108 cm³/mol. The lowest BCUT2D eigenvalue weighted by Crippen LogP contribution is -2.49. The van der Waals surface area contributed by atoms with Gasteiger partial charge < -0.3 is 19.7 Å². The number of piperazine rings is 1. The molecule has 30 heavy (non-hydrogen) atoms. The van der Waals surface area contributed by atoms with Crippen molar-refractivity contribution in [2.45, 2.75) is 13.0 Å². The van der Waals surface area contributed by atoms with Crippen LogP contribution >= 0.6 is 0 Å². The number of nitrogens with one attached hydrogen (secondary N) is 2. The molecule has 10 nitrogen and oxygen atoms in total. The molecule has 10 heteroatoms. The van der Waals surface area contributed by atoms with Gasteiger partial charge in [0.1, 0.15) is 0 Å². The first-order valence-electron chi connectivity index (χ1n) is 10.00. The highest BCUT2D eigenvalue weighted by Crippen LogP contribution is 2.23. The van der Waals surface area contributed by atoms with Crippen molar-refractivity contribution in [3.05, 3.63) is 59.4 Å². The third-order valence-corrected chi connectivity index (χ3v) is 5.67. The van der Waals surface area contributed by atoms with Crippen molar-refractivity contribution in [3.8, 4) is 0 Å². The van der Waals surface area contributed by atoms with Crippen LogP contribution in [0.4, 0.5) is 5.95 Å². The molecule has 0 aliphatic carbocycles. The van der Waals surface area contributed by atoms with Gasteiger partial charge in [-0.15, -0.1) is 0 Å². The van der Waals surface area contributed by atoms with Crippen LogP contribution in [0.3, 0.4) is 0 Å². The number of fused-ring (bicyclic) bond motifs is 1. The van der Waals surface area contributed by atoms with Crippen LogP contribution in [0.15, 0.2) is 36.9 Å². The molecule has 2 N–H and O–H groups in total. The second-order valence-corrected chi connectivity index (χ2v) is 7.43. The van der Waals surface area contributed by atoms with Crippen LogP contribution in [0, 0.1) is 0 Å². The minimum Gasteiger partial charge on any atom is -0.367 e. The molecule has 0 saturated carbocycles. The summed E-state index contributed by atoms with van der Waals surface area (Å²) in [5, 5.41) is 7.29. The van der Waals surface area contributed by atoms with Crippen LogP contribution in [0.5, 0.6) is 0 Å². The highest BCUT2D eigenvalue weighted by atomic mass is 16.2. The Morgan fingerprint density at radius 1 is 0.967 bits per heavy atom. The average Bonchev–Trinajstić information content (AvgIpc) is 3.49. The maximum atomic E-state index is 13.1. The Morgan fingerprint density at radius 3 is 2.50 bits per heavy atom. The molecule has 1 fully saturated rings. The van der Waals surface area contributed by atoms with Gasteiger partial charge in [-0.3, -0.25) is 14.7 Å². The van der Waals surface area contributed by atoms with Crippen LogP contribution < -0.4 is 4.90 Å². The van der Waals surface area contributed by atoms with Crippen LogP contribution in [0.25, 0.3) is 0 Å². The Balaban J connectivity index is 1.25. The molecule has 0 spiro atoms. The molecule has 0 atom stereocenters. The number of aromatic amines is 2. The quantitative estimate of drug-likeness (QED) is 0.662. The fourth-order valence-electron chi connectivity index (χ4n) is 4.02. The van der Waals surface area contributed by atoms with E-state index in [4.69, 9.17) is 0 Å². The zero-order chi connectivity index (χ0) is 20.5. The first-order chi connectivity index (χ1) is 14.7. The maximum Gasteiger partial charge on any atom is 0.274 e. The first-order valence-corrected chi connectivity index (χ1v) is 10.00. The highest BCUT2D eigenvalue weighted by Gasteiger charge is 2.31. The monoisotopic (exact) mass is 406 g/mol. The Labute approximate surface area is 172 Å². The Kier molecular flexibility index (Phi) is 4.66. The number of amides is 2. The lowest BCUT2D eigenvalue weighted by atomic mass is 10.0. The zero-order valence-electron chi connectivity index (χ0n) is 16.4. The van der Waals surface area contributed by atoms with Crippen LogP contribution in [0.1, 0.15) is 32.1 Å². The van der Waals surface area contributed by atoms with Gasteiger partial charge in [0.05, 0.1) is 17.8 Å². The summed E-state index contributed by atoms with van der Waals surface area (Å²) < 4.78 is 0. The number of hydrogen-bond acceptors (Lipinski definition) is 6. The average molecular weight is 406 g/mol. The van der Waals surface area contributed by atoms with Crippen LogP contribution in [-0.2, 0) is 13.0 Å². The number of carbonyl (C=O) groups is 2. The molecule has 2 aliphatic heterocycles. The van der Waals surface area contributed by atoms with Crippen molar-refractivity contribution in [2.24, 2.45) is 0 Å². The molecular formula is C20H22N8O2. The number of nitrogens with zero attached hydrogens (tertiary/aromatic N) is 6. The second kappa shape index (κ2) is 7.62. The van der Waals surface area contributed by atoms with Crippen molar-refractivity contribution < 1.29 is 9.59 Å². The van der Waals surface area contributed by atoms with Gasteiger partial charge in [-0.2, -0.15) is 5.10 Å². The summed E-state index contributed by atoms with van der Waals surface area (Å²) in [4.78, 5) is 42.8. The number of rotatable bonds is 3. The summed E-state index contributed by atoms with van der Waals surface area (Å²) in [6, 6.07) is 3.55. The van der Waals surface area contributed by atoms with E-state index in [1.165, 1.54) is 0 Å². The molecule has 5 heterocycles. The topological polar surface area (TPSA) is 114 Å². The number of carbonyl (C=O) groups excluding carboxylic acids is 2. The largest absolute Gasteiger partial charge is 0.367 e. The van der Waals surface area contributed by atoms with Crippen molar-refractivity contribution in [1.29, 1.82) is 0 Å². The van der Waals surface area contributed by atoms with Gasteiger partial charge in [0.2, 0.25) is 5.95 Å². The van der Waals surface area contributed by atoms with Gasteiger partial charge in [-0.1, -0.05) is 0 Å². The fraction of sp³-hybridized carbons (Fsp3) is 0.350. The zero-order valence-corrected chi connectivity index (χ0v) is 16.4. The summed E-state index contributed by atoms with van der Waals surface area (Å²) in [5.74, 6) is 0.601. The molecule has 3 aromatic rings. The molecular weight excluding hydrogens is 384 g/mol. The van der Waals surface area contributed by atoms with E-state index in [-0.39, 0.29) is 11.8 Å². The molecule has 0 radical (unpaired) electrons. The summed E-state index contributed by atoms with van der Waals surface area (Å²) in [5.41, 5.74) is 2.87. The summed E-state index contributed by atoms with van der Waals surface area (Å²) in [6.45, 7) is 3.55. The molecule has 1 saturated heterocycles. The van der Waals surface area contributed by atoms with Gasteiger partial charge in [-0.25, -0.2) is 9.97 Å². The molecule has 154 valence electrons. The van der Waals surface area contributed by atoms with Crippen molar-refractivity contribution in [1.82, 2.24) is 34.9 Å². The molecule has 2 aliphatic rings. The highest BCUT2D eigenvalue weighted by molar-refractivity contribution is 5.95. The first kappa shape index (κ1) is 18.3. The van der Waals surface area contributed by atoms with E-state index in [0.29, 0.717) is 62.9 Å². The van der Waals surface area contributed by atoms with E-state index < -0.39 is 0 Å². The molecule has 0 bridgehead atoms. The Morgan fingerprint density at radius 2 is 1.77 bits per heavy atom. The third kappa shape index (κ3) is 3.30. The van der Waals surface area contributed by atoms with Gasteiger partial charge in [-0.05, 0) is 18.6 Å². The molecule has 3 aromatic heterocycles. The number of H-pyrrole nitrogens is 2. The number of aromatic nitrogens is 5. The van der Waals surface area contributed by atoms with E-state index in [2.05, 4.69) is 30.0 Å². The molecule has 2 amide bonds. The lowest BCUT2D eigenvalue weighted by Gasteiger charge is -2.34. The summed E-state index contributed by atoms with van der Waals surface area (Å²) in [6.07, 6.45) is 7.49. The smallest absolute Gasteiger partial charge is 0.274 e. The van der Waals surface area contributed by atoms with Gasteiger partial charge in [0.25, 0.3) is 11.8 Å². The normalized spacial score (nSPS) is 16.5. The molecule has 0 unspecified atom stereocenters. The standard InChI is InChI=1S/C20H22N8O2/c29-18(14-2-6-21-12-14)28-7-3-15-16(13-28)24-25-17(15)19(30)26-8-10-27(11-9-26)20-22-4-1-5-23-20/h1-2,4-6,12,21H,3,7-11,13H2,(H,24,25). The maximum absolute atomic E-state index is 13.1. The molecule has 0 aromatic carbocycles. The third-order valence-electron chi connectivity index (χ3n) is 5.67. The minimum atomic E-state index is -0.0634. The minimum absolute atomic E-state index is 0.0244. The number of hydrogen-bond donors (Lipinski definition) is 2. The van der Waals surface area contributed by atoms with E-state index in [9.17, 15) is 9.59 Å². The van der Waals surface area contributed by atoms with E-state index in [1.54, 1.807) is 41.8 Å². The van der Waals surface area contributed by atoms with E-state index in [1.807, 2.05) is 4.90 Å². The van der Waals surface area contributed by atoms with Crippen LogP contribution in [0.2, 0.25) is 0 Å². The fourth-order valence-corrected chi connectivity index (χ4v) is 4.02. The summed E-state index contributed by atoms with van der Waals surface area (Å²) >= 11 is 0. The Bertz CT molecular complexity index is 1040. The lowest BCUT2D eigenvalue weighted by molar-refractivity contribution is 0.0731. The predicted octanol–water partition coefficient (Wildman–Crippen LogP) is 0.689. The van der Waals surface area contributed by atoms with Gasteiger partial charge >= 0.3 is 0 Å². The van der Waals surface area contributed by atoms with Crippen molar-refractivity contribution in [2.75, 3.05) is 37.6 Å². The van der Waals surface area contributed by atoms with Crippen molar-refractivity contribution >= 4 is 17.8 Å². The van der Waals surface area contributed by atoms with Gasteiger partial charge in [0, 0.05) is 63.1 Å². The van der Waals surface area contributed by atoms with Crippen molar-refractivity contribution in [3.63, 3.8) is 0 Å². The number of anilines is 1. The van der Waals surface area contributed by atoms with E-state index >= 15 is 0 Å². The molecule has 5 rings (SSSR count). The van der Waals surface area contributed by atoms with Crippen LogP contribution in [-0.4, -0.2) is 79.5 Å². The Hall–Kier alpha value is -3.69. The van der Waals surface area contributed by atoms with E-state index in [0.717, 1.165) is 11.3 Å². The summed E-state index contributed by atoms with van der Waals surface area (Å²) in [7, 11) is 0. The second-order valence-electron chi connectivity index (χ2n) is 7.43. The SMILES string of the molecule is O=C(c1cc[nH]c1)N1CCc2c(C(=O)N3CCN(c4ncccn4)CC3)n[nH]c2C1. The van der Waals surface area contributed by atoms with Gasteiger partial charge in [0.15, 0.2) is 5.69 Å².